The number of nitrogens with one attached hydrogen (secondary N) is 3. The van der Waals surface area contributed by atoms with Gasteiger partial charge in [0.1, 0.15) is 18.1 Å². The van der Waals surface area contributed by atoms with Gasteiger partial charge < -0.3 is 44.0 Å². The van der Waals surface area contributed by atoms with Gasteiger partial charge in [-0.05, 0) is 31.1 Å². The van der Waals surface area contributed by atoms with Crippen LogP contribution in [-0.2, 0) is 24.0 Å². The number of carbonyl (C=O) groups is 5. The highest BCUT2D eigenvalue weighted by atomic mass is 16.4. The number of primary amides is 1. The number of guanidine groups is 1. The van der Waals surface area contributed by atoms with E-state index in [1.54, 1.807) is 13.8 Å². The third-order valence-electron chi connectivity index (χ3n) is 4.96. The average Bonchev–Trinajstić information content (AvgIpc) is 2.72. The molecule has 0 fully saturated rings. The molecular formula is C21H40N8O6. The van der Waals surface area contributed by atoms with Gasteiger partial charge in [-0.15, -0.1) is 0 Å². The van der Waals surface area contributed by atoms with Crippen LogP contribution < -0.4 is 38.9 Å². The molecule has 0 bridgehead atoms. The molecule has 0 aliphatic rings. The third kappa shape index (κ3) is 13.2. The van der Waals surface area contributed by atoms with Crippen molar-refractivity contribution in [2.45, 2.75) is 77.5 Å². The third-order valence-corrected chi connectivity index (χ3v) is 4.96. The Morgan fingerprint density at radius 1 is 0.829 bits per heavy atom. The van der Waals surface area contributed by atoms with Crippen molar-refractivity contribution < 1.29 is 29.1 Å². The Kier molecular flexibility index (Phi) is 14.0. The van der Waals surface area contributed by atoms with Crippen molar-refractivity contribution in [1.82, 2.24) is 16.0 Å². The fourth-order valence-electron chi connectivity index (χ4n) is 2.99. The number of aliphatic carboxylic acids is 1. The summed E-state index contributed by atoms with van der Waals surface area (Å²) in [4.78, 5) is 64.7. The van der Waals surface area contributed by atoms with Gasteiger partial charge in [0.05, 0.1) is 12.5 Å². The number of hydrogen-bond acceptors (Lipinski definition) is 7. The quantitative estimate of drug-likeness (QED) is 0.0631. The topological polar surface area (TPSA) is 258 Å². The fourth-order valence-corrected chi connectivity index (χ4v) is 2.99. The predicted octanol–water partition coefficient (Wildman–Crippen LogP) is -2.52. The minimum atomic E-state index is -1.58. The van der Waals surface area contributed by atoms with Crippen LogP contribution in [0.2, 0.25) is 0 Å². The summed E-state index contributed by atoms with van der Waals surface area (Å²) in [6.07, 6.45) is -0.0482. The Morgan fingerprint density at radius 2 is 1.34 bits per heavy atom. The summed E-state index contributed by atoms with van der Waals surface area (Å²) >= 11 is 0. The molecule has 0 unspecified atom stereocenters. The van der Waals surface area contributed by atoms with Gasteiger partial charge in [-0.2, -0.15) is 0 Å². The van der Waals surface area contributed by atoms with E-state index in [-0.39, 0.29) is 43.6 Å². The van der Waals surface area contributed by atoms with E-state index in [1.165, 1.54) is 0 Å². The van der Waals surface area contributed by atoms with Crippen LogP contribution in [0.4, 0.5) is 0 Å². The minimum Gasteiger partial charge on any atom is -0.480 e. The number of aliphatic imine (C=N–C) groups is 1. The van der Waals surface area contributed by atoms with Crippen LogP contribution in [0.5, 0.6) is 0 Å². The van der Waals surface area contributed by atoms with E-state index in [0.29, 0.717) is 0 Å². The molecule has 0 aromatic heterocycles. The molecule has 14 nitrogen and oxygen atoms in total. The van der Waals surface area contributed by atoms with E-state index in [1.807, 2.05) is 13.8 Å². The maximum Gasteiger partial charge on any atom is 0.326 e. The lowest BCUT2D eigenvalue weighted by molar-refractivity contribution is -0.143. The van der Waals surface area contributed by atoms with Crippen molar-refractivity contribution in [3.05, 3.63) is 0 Å². The lowest BCUT2D eigenvalue weighted by Gasteiger charge is -2.26. The van der Waals surface area contributed by atoms with Crippen LogP contribution in [0.1, 0.15) is 53.4 Å². The first-order valence-corrected chi connectivity index (χ1v) is 11.4. The largest absolute Gasteiger partial charge is 0.480 e. The Labute approximate surface area is 205 Å². The molecule has 200 valence electrons. The van der Waals surface area contributed by atoms with E-state index < -0.39 is 60.2 Å². The van der Waals surface area contributed by atoms with Crippen LogP contribution in [0.15, 0.2) is 4.99 Å². The van der Waals surface area contributed by atoms with E-state index in [2.05, 4.69) is 20.9 Å². The zero-order valence-electron chi connectivity index (χ0n) is 20.7. The zero-order valence-corrected chi connectivity index (χ0v) is 20.7. The Hall–Kier alpha value is -3.42. The molecule has 4 atom stereocenters. The molecule has 0 aliphatic heterocycles. The fraction of sp³-hybridized carbons (Fsp3) is 0.714. The van der Waals surface area contributed by atoms with E-state index in [9.17, 15) is 29.1 Å². The van der Waals surface area contributed by atoms with Crippen LogP contribution in [0.3, 0.4) is 0 Å². The molecular weight excluding hydrogens is 460 g/mol. The first-order valence-electron chi connectivity index (χ1n) is 11.4. The monoisotopic (exact) mass is 500 g/mol. The van der Waals surface area contributed by atoms with Gasteiger partial charge >= 0.3 is 5.97 Å². The Bertz CT molecular complexity index is 782. The lowest BCUT2D eigenvalue weighted by Crippen LogP contribution is -2.58. The van der Waals surface area contributed by atoms with Gasteiger partial charge in [-0.3, -0.25) is 24.2 Å². The number of nitrogens with two attached hydrogens (primary N) is 4. The van der Waals surface area contributed by atoms with E-state index in [4.69, 9.17) is 22.9 Å². The Morgan fingerprint density at radius 3 is 1.80 bits per heavy atom. The van der Waals surface area contributed by atoms with Gasteiger partial charge in [0.25, 0.3) is 0 Å². The van der Waals surface area contributed by atoms with Crippen LogP contribution >= 0.6 is 0 Å². The van der Waals surface area contributed by atoms with Crippen molar-refractivity contribution in [1.29, 1.82) is 0 Å². The summed E-state index contributed by atoms with van der Waals surface area (Å²) in [6, 6.07) is -4.59. The highest BCUT2D eigenvalue weighted by Gasteiger charge is 2.31. The number of rotatable bonds is 16. The second-order valence-electron chi connectivity index (χ2n) is 9.04. The molecule has 35 heavy (non-hydrogen) atoms. The first kappa shape index (κ1) is 31.6. The molecule has 0 saturated heterocycles. The van der Waals surface area contributed by atoms with Crippen LogP contribution in [-0.4, -0.2) is 71.4 Å². The zero-order chi connectivity index (χ0) is 27.3. The molecule has 0 aromatic rings. The highest BCUT2D eigenvalue weighted by Crippen LogP contribution is 2.09. The molecule has 0 aromatic carbocycles. The molecule has 0 saturated carbocycles. The van der Waals surface area contributed by atoms with Gasteiger partial charge in [0, 0.05) is 6.54 Å². The van der Waals surface area contributed by atoms with Crippen LogP contribution in [0, 0.1) is 11.8 Å². The first-order chi connectivity index (χ1) is 16.1. The molecule has 0 rings (SSSR count). The lowest BCUT2D eigenvalue weighted by atomic mass is 10.00. The number of nitrogens with zero attached hydrogens (tertiary/aromatic N) is 1. The van der Waals surface area contributed by atoms with Gasteiger partial charge in [0.15, 0.2) is 5.96 Å². The van der Waals surface area contributed by atoms with Gasteiger partial charge in [-0.25, -0.2) is 4.79 Å². The summed E-state index contributed by atoms with van der Waals surface area (Å²) in [5.74, 6) is -4.68. The Balaban J connectivity index is 5.66. The maximum absolute atomic E-state index is 13.1. The maximum atomic E-state index is 13.1. The number of carboxylic acid groups (broad SMARTS) is 1. The normalized spacial score (nSPS) is 14.4. The number of amides is 4. The average molecular weight is 501 g/mol. The molecule has 0 aliphatic carbocycles. The summed E-state index contributed by atoms with van der Waals surface area (Å²) in [6.45, 7) is 7.40. The van der Waals surface area contributed by atoms with Crippen molar-refractivity contribution >= 4 is 35.6 Å². The highest BCUT2D eigenvalue weighted by molar-refractivity contribution is 5.94. The molecule has 0 heterocycles. The van der Waals surface area contributed by atoms with Crippen molar-refractivity contribution in [2.24, 2.45) is 39.8 Å². The molecule has 0 radical (unpaired) electrons. The van der Waals surface area contributed by atoms with Gasteiger partial charge in [0.2, 0.25) is 23.6 Å². The van der Waals surface area contributed by atoms with Gasteiger partial charge in [-0.1, -0.05) is 27.7 Å². The molecule has 12 N–H and O–H groups in total. The second kappa shape index (κ2) is 15.5. The van der Waals surface area contributed by atoms with E-state index in [0.717, 1.165) is 0 Å². The van der Waals surface area contributed by atoms with Crippen molar-refractivity contribution in [3.8, 4) is 0 Å². The van der Waals surface area contributed by atoms with Crippen molar-refractivity contribution in [2.75, 3.05) is 6.54 Å². The predicted molar refractivity (Wildman–Crippen MR) is 129 cm³/mol. The molecule has 4 amide bonds. The summed E-state index contributed by atoms with van der Waals surface area (Å²) in [5, 5.41) is 16.7. The molecule has 14 heteroatoms. The number of carbonyl (C=O) groups excluding carboxylic acids is 4. The summed E-state index contributed by atoms with van der Waals surface area (Å²) in [5.41, 5.74) is 21.5. The van der Waals surface area contributed by atoms with E-state index >= 15 is 0 Å². The summed E-state index contributed by atoms with van der Waals surface area (Å²) in [7, 11) is 0. The SMILES string of the molecule is CC(C)C[C@H](NC(=O)[C@@H](N)C(C)C)C(=O)N[C@@H](CCCN=C(N)N)C(=O)N[C@@H](CC(N)=O)C(=O)O. The van der Waals surface area contributed by atoms with Crippen LogP contribution in [0.25, 0.3) is 0 Å². The molecule has 0 spiro atoms. The standard InChI is InChI=1S/C21H40N8O6/c1-10(2)8-13(28-19(33)16(23)11(3)4)18(32)27-12(6-5-7-26-21(24)25)17(31)29-14(20(34)35)9-15(22)30/h10-14,16H,5-9,23H2,1-4H3,(H2,22,30)(H,27,32)(H,28,33)(H,29,31)(H,34,35)(H4,24,25,26)/t12-,13-,14-,16-/m0/s1. The summed E-state index contributed by atoms with van der Waals surface area (Å²) < 4.78 is 0. The smallest absolute Gasteiger partial charge is 0.326 e. The minimum absolute atomic E-state index is 0.0161. The number of hydrogen-bond donors (Lipinski definition) is 8. The number of carboxylic acids is 1. The second-order valence-corrected chi connectivity index (χ2v) is 9.04. The van der Waals surface area contributed by atoms with Crippen molar-refractivity contribution in [3.63, 3.8) is 0 Å².